The second-order valence-corrected chi connectivity index (χ2v) is 4.69. The minimum absolute atomic E-state index is 0.0125. The Hall–Kier alpha value is -2.15. The number of hydrogen-bond donors (Lipinski definition) is 1. The Labute approximate surface area is 112 Å². The van der Waals surface area contributed by atoms with Crippen LogP contribution >= 0.6 is 11.8 Å². The highest BCUT2D eigenvalue weighted by atomic mass is 32.2. The molecular formula is C12H9FN2O3S. The normalized spacial score (nSPS) is 10.4. The fourth-order valence-electron chi connectivity index (χ4n) is 1.43. The van der Waals surface area contributed by atoms with Gasteiger partial charge in [0.25, 0.3) is 5.69 Å². The minimum Gasteiger partial charge on any atom is -0.353 e. The minimum atomic E-state index is -0.586. The van der Waals surface area contributed by atoms with Crippen molar-refractivity contribution in [2.45, 2.75) is 4.90 Å². The van der Waals surface area contributed by atoms with E-state index in [0.717, 1.165) is 18.0 Å². The lowest BCUT2D eigenvalue weighted by molar-refractivity contribution is -0.384. The van der Waals surface area contributed by atoms with Crippen molar-refractivity contribution in [3.63, 3.8) is 0 Å². The number of ketones is 1. The number of halogens is 1. The highest BCUT2D eigenvalue weighted by Crippen LogP contribution is 2.22. The Balaban J connectivity index is 2.01. The second kappa shape index (κ2) is 5.66. The molecule has 1 heterocycles. The zero-order valence-electron chi connectivity index (χ0n) is 9.63. The summed E-state index contributed by atoms with van der Waals surface area (Å²) in [5.74, 6) is -0.697. The van der Waals surface area contributed by atoms with Gasteiger partial charge in [-0.2, -0.15) is 0 Å². The average molecular weight is 280 g/mol. The van der Waals surface area contributed by atoms with E-state index in [0.29, 0.717) is 4.90 Å². The highest BCUT2D eigenvalue weighted by Gasteiger charge is 2.15. The first kappa shape index (κ1) is 13.3. The summed E-state index contributed by atoms with van der Waals surface area (Å²) in [4.78, 5) is 24.6. The number of hydrogen-bond acceptors (Lipinski definition) is 4. The van der Waals surface area contributed by atoms with Gasteiger partial charge in [-0.15, -0.1) is 11.8 Å². The van der Waals surface area contributed by atoms with Crippen molar-refractivity contribution in [2.75, 3.05) is 5.75 Å². The fourth-order valence-corrected chi connectivity index (χ4v) is 2.25. The van der Waals surface area contributed by atoms with Crippen LogP contribution in [0.1, 0.15) is 10.5 Å². The predicted molar refractivity (Wildman–Crippen MR) is 68.9 cm³/mol. The molecule has 1 aromatic heterocycles. The summed E-state index contributed by atoms with van der Waals surface area (Å²) in [6.07, 6.45) is 1.15. The number of nitrogens with one attached hydrogen (secondary N) is 1. The molecule has 0 unspecified atom stereocenters. The molecule has 0 amide bonds. The molecule has 1 N–H and O–H groups in total. The highest BCUT2D eigenvalue weighted by molar-refractivity contribution is 8.00. The first-order valence-electron chi connectivity index (χ1n) is 5.31. The molecule has 2 rings (SSSR count). The largest absolute Gasteiger partial charge is 0.353 e. The van der Waals surface area contributed by atoms with E-state index in [-0.39, 0.29) is 22.9 Å². The Morgan fingerprint density at radius 3 is 2.79 bits per heavy atom. The summed E-state index contributed by atoms with van der Waals surface area (Å²) in [6, 6.07) is 7.30. The van der Waals surface area contributed by atoms with E-state index in [1.807, 2.05) is 0 Å². The summed E-state index contributed by atoms with van der Waals surface area (Å²) >= 11 is 1.05. The third-order valence-corrected chi connectivity index (χ3v) is 3.42. The number of rotatable bonds is 5. The van der Waals surface area contributed by atoms with Crippen LogP contribution in [0.15, 0.2) is 41.4 Å². The van der Waals surface area contributed by atoms with Crippen LogP contribution in [-0.2, 0) is 0 Å². The number of carbonyl (C=O) groups is 1. The third kappa shape index (κ3) is 3.19. The summed E-state index contributed by atoms with van der Waals surface area (Å²) in [5, 5.41) is 10.5. The van der Waals surface area contributed by atoms with Crippen molar-refractivity contribution in [2.24, 2.45) is 0 Å². The molecule has 0 spiro atoms. The fraction of sp³-hybridized carbons (Fsp3) is 0.0833. The van der Waals surface area contributed by atoms with Crippen LogP contribution in [0, 0.1) is 15.9 Å². The van der Waals surface area contributed by atoms with Crippen molar-refractivity contribution >= 4 is 23.2 Å². The van der Waals surface area contributed by atoms with E-state index in [4.69, 9.17) is 0 Å². The molecule has 0 atom stereocenters. The van der Waals surface area contributed by atoms with Gasteiger partial charge in [0.1, 0.15) is 5.82 Å². The van der Waals surface area contributed by atoms with Gasteiger partial charge in [-0.05, 0) is 12.1 Å². The van der Waals surface area contributed by atoms with Gasteiger partial charge in [0.15, 0.2) is 5.78 Å². The molecule has 2 aromatic rings. The number of aromatic amines is 1. The van der Waals surface area contributed by atoms with Crippen LogP contribution in [0.5, 0.6) is 0 Å². The van der Waals surface area contributed by atoms with Gasteiger partial charge in [-0.1, -0.05) is 12.1 Å². The zero-order chi connectivity index (χ0) is 13.8. The lowest BCUT2D eigenvalue weighted by Crippen LogP contribution is -2.02. The molecule has 98 valence electrons. The summed E-state index contributed by atoms with van der Waals surface area (Å²) in [5.41, 5.74) is -0.0187. The molecule has 0 bridgehead atoms. The predicted octanol–water partition coefficient (Wildman–Crippen LogP) is 3.04. The summed E-state index contributed by atoms with van der Waals surface area (Å²) < 4.78 is 13.3. The number of carbonyl (C=O) groups excluding carboxylic acids is 1. The van der Waals surface area contributed by atoms with Crippen LogP contribution in [-0.4, -0.2) is 21.4 Å². The first-order chi connectivity index (χ1) is 9.08. The van der Waals surface area contributed by atoms with E-state index in [1.54, 1.807) is 18.2 Å². The molecule has 19 heavy (non-hydrogen) atoms. The monoisotopic (exact) mass is 280 g/mol. The second-order valence-electron chi connectivity index (χ2n) is 3.67. The number of nitrogens with zero attached hydrogens (tertiary/aromatic N) is 1. The van der Waals surface area contributed by atoms with Crippen molar-refractivity contribution in [3.8, 4) is 0 Å². The van der Waals surface area contributed by atoms with Gasteiger partial charge in [-0.25, -0.2) is 4.39 Å². The van der Waals surface area contributed by atoms with Crippen molar-refractivity contribution in [3.05, 3.63) is 58.2 Å². The van der Waals surface area contributed by atoms with Gasteiger partial charge >= 0.3 is 0 Å². The smallest absolute Gasteiger partial charge is 0.287 e. The van der Waals surface area contributed by atoms with Gasteiger partial charge < -0.3 is 4.98 Å². The first-order valence-corrected chi connectivity index (χ1v) is 6.30. The maximum absolute atomic E-state index is 13.3. The molecule has 7 heteroatoms. The lowest BCUT2D eigenvalue weighted by Gasteiger charge is -2.01. The number of aromatic nitrogens is 1. The van der Waals surface area contributed by atoms with Crippen molar-refractivity contribution < 1.29 is 14.1 Å². The van der Waals surface area contributed by atoms with Crippen LogP contribution < -0.4 is 0 Å². The Morgan fingerprint density at radius 1 is 1.42 bits per heavy atom. The standard InChI is InChI=1S/C12H9FN2O3S/c13-9-3-1-2-4-12(9)19-7-11(16)10-5-8(6-14-10)15(17)18/h1-6,14H,7H2. The van der Waals surface area contributed by atoms with Crippen molar-refractivity contribution in [1.82, 2.24) is 4.98 Å². The summed E-state index contributed by atoms with van der Waals surface area (Å²) in [7, 11) is 0. The molecular weight excluding hydrogens is 271 g/mol. The molecule has 0 radical (unpaired) electrons. The molecule has 0 fully saturated rings. The molecule has 0 aliphatic rings. The maximum atomic E-state index is 13.3. The molecule has 0 saturated carbocycles. The van der Waals surface area contributed by atoms with Gasteiger partial charge in [-0.3, -0.25) is 14.9 Å². The van der Waals surface area contributed by atoms with Crippen LogP contribution in [0.3, 0.4) is 0 Å². The Bertz CT molecular complexity index is 627. The number of H-pyrrole nitrogens is 1. The Morgan fingerprint density at radius 2 is 2.16 bits per heavy atom. The molecule has 0 aliphatic carbocycles. The number of thioether (sulfide) groups is 1. The van der Waals surface area contributed by atoms with E-state index in [9.17, 15) is 19.3 Å². The zero-order valence-corrected chi connectivity index (χ0v) is 10.4. The van der Waals surface area contributed by atoms with Crippen LogP contribution in [0.25, 0.3) is 0 Å². The lowest BCUT2D eigenvalue weighted by atomic mass is 10.3. The number of Topliss-reactive ketones (excluding diaryl/α,β-unsaturated/α-hetero) is 1. The SMILES string of the molecule is O=C(CSc1ccccc1F)c1cc([N+](=O)[O-])c[nH]1. The van der Waals surface area contributed by atoms with E-state index in [2.05, 4.69) is 4.98 Å². The Kier molecular flexibility index (Phi) is 3.96. The van der Waals surface area contributed by atoms with E-state index in [1.165, 1.54) is 12.1 Å². The van der Waals surface area contributed by atoms with E-state index >= 15 is 0 Å². The summed E-state index contributed by atoms with van der Waals surface area (Å²) in [6.45, 7) is 0. The maximum Gasteiger partial charge on any atom is 0.287 e. The van der Waals surface area contributed by atoms with Crippen molar-refractivity contribution in [1.29, 1.82) is 0 Å². The number of nitro groups is 1. The molecule has 5 nitrogen and oxygen atoms in total. The third-order valence-electron chi connectivity index (χ3n) is 2.37. The van der Waals surface area contributed by atoms with Crippen LogP contribution in [0.2, 0.25) is 0 Å². The van der Waals surface area contributed by atoms with Gasteiger partial charge in [0.05, 0.1) is 22.6 Å². The van der Waals surface area contributed by atoms with Crippen LogP contribution in [0.4, 0.5) is 10.1 Å². The topological polar surface area (TPSA) is 76.0 Å². The molecule has 1 aromatic carbocycles. The van der Waals surface area contributed by atoms with Gasteiger partial charge in [0.2, 0.25) is 0 Å². The molecule has 0 aliphatic heterocycles. The quantitative estimate of drug-likeness (QED) is 0.395. The average Bonchev–Trinajstić information content (AvgIpc) is 2.87. The molecule has 0 saturated heterocycles. The van der Waals surface area contributed by atoms with Gasteiger partial charge in [0, 0.05) is 11.0 Å². The number of benzene rings is 1. The van der Waals surface area contributed by atoms with E-state index < -0.39 is 10.7 Å².